The molecule has 0 spiro atoms. The van der Waals surface area contributed by atoms with Crippen molar-refractivity contribution in [2.75, 3.05) is 0 Å². The van der Waals surface area contributed by atoms with Crippen molar-refractivity contribution < 1.29 is 8.78 Å². The fraction of sp³-hybridized carbons (Fsp3) is 0.545. The van der Waals surface area contributed by atoms with Crippen LogP contribution < -0.4 is 0 Å². The second-order valence-electron chi connectivity index (χ2n) is 7.99. The minimum absolute atomic E-state index is 0.209. The zero-order chi connectivity index (χ0) is 16.7. The summed E-state index contributed by atoms with van der Waals surface area (Å²) in [6.07, 6.45) is 9.01. The quantitative estimate of drug-likeness (QED) is 0.567. The summed E-state index contributed by atoms with van der Waals surface area (Å²) in [6, 6.07) is 8.06. The van der Waals surface area contributed by atoms with Crippen molar-refractivity contribution in [3.63, 3.8) is 0 Å². The van der Waals surface area contributed by atoms with E-state index in [1.807, 2.05) is 6.07 Å². The van der Waals surface area contributed by atoms with Gasteiger partial charge in [0, 0.05) is 5.39 Å². The van der Waals surface area contributed by atoms with E-state index in [0.29, 0.717) is 16.7 Å². The van der Waals surface area contributed by atoms with Crippen molar-refractivity contribution >= 4 is 10.8 Å². The lowest BCUT2D eigenvalue weighted by Crippen LogP contribution is -2.30. The topological polar surface area (TPSA) is 0 Å². The van der Waals surface area contributed by atoms with Crippen LogP contribution in [0, 0.1) is 29.4 Å². The van der Waals surface area contributed by atoms with E-state index in [1.165, 1.54) is 50.7 Å². The lowest BCUT2D eigenvalue weighted by molar-refractivity contribution is 0.116. The highest BCUT2D eigenvalue weighted by Gasteiger charge is 2.35. The van der Waals surface area contributed by atoms with E-state index in [1.54, 1.807) is 12.1 Å². The molecule has 2 heteroatoms. The maximum atomic E-state index is 14.4. The molecule has 24 heavy (non-hydrogen) atoms. The Labute approximate surface area is 143 Å². The molecule has 2 aromatic rings. The molecule has 0 N–H and O–H groups in total. The molecule has 0 heterocycles. The summed E-state index contributed by atoms with van der Waals surface area (Å²) >= 11 is 0. The molecular weight excluding hydrogens is 302 g/mol. The van der Waals surface area contributed by atoms with Crippen LogP contribution in [0.4, 0.5) is 8.78 Å². The van der Waals surface area contributed by atoms with Gasteiger partial charge in [0.05, 0.1) is 0 Å². The summed E-state index contributed by atoms with van der Waals surface area (Å²) in [5.74, 6) is 2.54. The average molecular weight is 328 g/mol. The molecule has 4 unspecified atom stereocenters. The molecule has 0 bridgehead atoms. The lowest BCUT2D eigenvalue weighted by atomic mass is 9.63. The molecule has 2 aliphatic carbocycles. The van der Waals surface area contributed by atoms with Gasteiger partial charge in [-0.2, -0.15) is 0 Å². The summed E-state index contributed by atoms with van der Waals surface area (Å²) in [5, 5.41) is 1.22. The Bertz CT molecular complexity index is 736. The summed E-state index contributed by atoms with van der Waals surface area (Å²) < 4.78 is 28.0. The van der Waals surface area contributed by atoms with Gasteiger partial charge in [-0.25, -0.2) is 8.78 Å². The minimum Gasteiger partial charge on any atom is -0.207 e. The Balaban J connectivity index is 1.58. The van der Waals surface area contributed by atoms with E-state index in [2.05, 4.69) is 6.92 Å². The Morgan fingerprint density at radius 2 is 1.71 bits per heavy atom. The standard InChI is InChI=1S/C22H26F2/c1-2-14-3-4-16-10-17(6-5-15(16)9-14)18-11-19-12-20(23)7-8-21(19)22(24)13-18/h7-8,11-17H,2-6,9-10H2,1H3. The fourth-order valence-corrected chi connectivity index (χ4v) is 5.21. The molecule has 2 aromatic carbocycles. The van der Waals surface area contributed by atoms with Crippen molar-refractivity contribution in [1.29, 1.82) is 0 Å². The molecule has 2 aliphatic rings. The summed E-state index contributed by atoms with van der Waals surface area (Å²) in [7, 11) is 0. The van der Waals surface area contributed by atoms with Crippen molar-refractivity contribution in [3.05, 3.63) is 47.5 Å². The average Bonchev–Trinajstić information content (AvgIpc) is 2.60. The monoisotopic (exact) mass is 328 g/mol. The van der Waals surface area contributed by atoms with Crippen LogP contribution >= 0.6 is 0 Å². The molecule has 0 aromatic heterocycles. The van der Waals surface area contributed by atoms with Gasteiger partial charge >= 0.3 is 0 Å². The fourth-order valence-electron chi connectivity index (χ4n) is 5.21. The maximum Gasteiger partial charge on any atom is 0.131 e. The zero-order valence-electron chi connectivity index (χ0n) is 14.4. The highest BCUT2D eigenvalue weighted by molar-refractivity contribution is 5.84. The number of hydrogen-bond donors (Lipinski definition) is 0. The van der Waals surface area contributed by atoms with E-state index in [4.69, 9.17) is 0 Å². The van der Waals surface area contributed by atoms with Gasteiger partial charge in [0.1, 0.15) is 11.6 Å². The first-order valence-electron chi connectivity index (χ1n) is 9.52. The Kier molecular flexibility index (Phi) is 4.32. The van der Waals surface area contributed by atoms with E-state index < -0.39 is 0 Å². The molecule has 2 saturated carbocycles. The molecule has 0 radical (unpaired) electrons. The van der Waals surface area contributed by atoms with Crippen molar-refractivity contribution in [3.8, 4) is 0 Å². The normalized spacial score (nSPS) is 30.3. The molecule has 0 saturated heterocycles. The van der Waals surface area contributed by atoms with E-state index in [0.717, 1.165) is 29.7 Å². The maximum absolute atomic E-state index is 14.4. The smallest absolute Gasteiger partial charge is 0.131 e. The van der Waals surface area contributed by atoms with Gasteiger partial charge in [-0.1, -0.05) is 25.8 Å². The number of benzene rings is 2. The third-order valence-electron chi connectivity index (χ3n) is 6.66. The van der Waals surface area contributed by atoms with Crippen LogP contribution in [-0.4, -0.2) is 0 Å². The largest absolute Gasteiger partial charge is 0.207 e. The van der Waals surface area contributed by atoms with Gasteiger partial charge in [-0.3, -0.25) is 0 Å². The van der Waals surface area contributed by atoms with Gasteiger partial charge in [0.15, 0.2) is 0 Å². The van der Waals surface area contributed by atoms with E-state index in [9.17, 15) is 8.78 Å². The van der Waals surface area contributed by atoms with Crippen LogP contribution in [-0.2, 0) is 0 Å². The Hall–Kier alpha value is -1.44. The minimum atomic E-state index is -0.291. The van der Waals surface area contributed by atoms with Crippen LogP contribution in [0.1, 0.15) is 63.4 Å². The van der Waals surface area contributed by atoms with Crippen LogP contribution in [0.15, 0.2) is 30.3 Å². The predicted molar refractivity (Wildman–Crippen MR) is 95.1 cm³/mol. The first-order chi connectivity index (χ1) is 11.6. The third kappa shape index (κ3) is 2.96. The van der Waals surface area contributed by atoms with Crippen LogP contribution in [0.3, 0.4) is 0 Å². The molecule has 0 nitrogen and oxygen atoms in total. The highest BCUT2D eigenvalue weighted by atomic mass is 19.1. The molecule has 4 rings (SSSR count). The van der Waals surface area contributed by atoms with Gasteiger partial charge in [0.25, 0.3) is 0 Å². The highest BCUT2D eigenvalue weighted by Crippen LogP contribution is 2.48. The third-order valence-corrected chi connectivity index (χ3v) is 6.66. The summed E-state index contributed by atoms with van der Waals surface area (Å²) in [4.78, 5) is 0. The van der Waals surface area contributed by atoms with Gasteiger partial charge in [0.2, 0.25) is 0 Å². The second-order valence-corrected chi connectivity index (χ2v) is 7.99. The lowest BCUT2D eigenvalue weighted by Gasteiger charge is -2.42. The molecule has 0 amide bonds. The molecular formula is C22H26F2. The number of rotatable bonds is 2. The van der Waals surface area contributed by atoms with Crippen molar-refractivity contribution in [2.24, 2.45) is 17.8 Å². The number of fused-ring (bicyclic) bond motifs is 2. The zero-order valence-corrected chi connectivity index (χ0v) is 14.4. The Morgan fingerprint density at radius 3 is 2.54 bits per heavy atom. The van der Waals surface area contributed by atoms with E-state index >= 15 is 0 Å². The van der Waals surface area contributed by atoms with Crippen LogP contribution in [0.25, 0.3) is 10.8 Å². The van der Waals surface area contributed by atoms with Crippen molar-refractivity contribution in [1.82, 2.24) is 0 Å². The van der Waals surface area contributed by atoms with Gasteiger partial charge in [-0.15, -0.1) is 0 Å². The molecule has 2 fully saturated rings. The van der Waals surface area contributed by atoms with Gasteiger partial charge in [-0.05, 0) is 91.0 Å². The first-order valence-corrected chi connectivity index (χ1v) is 9.52. The number of halogens is 2. The molecule has 4 atom stereocenters. The summed E-state index contributed by atoms with van der Waals surface area (Å²) in [6.45, 7) is 2.31. The van der Waals surface area contributed by atoms with Gasteiger partial charge < -0.3 is 0 Å². The second kappa shape index (κ2) is 6.46. The van der Waals surface area contributed by atoms with Crippen molar-refractivity contribution in [2.45, 2.75) is 57.8 Å². The van der Waals surface area contributed by atoms with E-state index in [-0.39, 0.29) is 11.6 Å². The molecule has 0 aliphatic heterocycles. The number of hydrogen-bond acceptors (Lipinski definition) is 0. The Morgan fingerprint density at radius 1 is 0.917 bits per heavy atom. The predicted octanol–water partition coefficient (Wildman–Crippen LogP) is 6.83. The molecule has 128 valence electrons. The van der Waals surface area contributed by atoms with Crippen LogP contribution in [0.5, 0.6) is 0 Å². The SMILES string of the molecule is CCC1CCC2CC(c3cc(F)c4ccc(F)cc4c3)CCC2C1. The summed E-state index contributed by atoms with van der Waals surface area (Å²) in [5.41, 5.74) is 1.07. The van der Waals surface area contributed by atoms with Crippen LogP contribution in [0.2, 0.25) is 0 Å². The first kappa shape index (κ1) is 16.1.